The molecule has 0 unspecified atom stereocenters. The Morgan fingerprint density at radius 3 is 2.08 bits per heavy atom. The second kappa shape index (κ2) is 6.98. The molecule has 0 fully saturated rings. The van der Waals surface area contributed by atoms with E-state index in [1.807, 2.05) is 24.3 Å². The fourth-order valence-electron chi connectivity index (χ4n) is 3.05. The second-order valence-corrected chi connectivity index (χ2v) is 6.32. The van der Waals surface area contributed by atoms with Crippen LogP contribution in [0.15, 0.2) is 84.0 Å². The zero-order valence-corrected chi connectivity index (χ0v) is 14.6. The van der Waals surface area contributed by atoms with Crippen LogP contribution >= 0.6 is 11.6 Å². The van der Waals surface area contributed by atoms with Gasteiger partial charge in [-0.05, 0) is 39.7 Å². The normalized spacial score (nSPS) is 11.3. The summed E-state index contributed by atoms with van der Waals surface area (Å²) in [5.74, 6) is -0.337. The van der Waals surface area contributed by atoms with E-state index < -0.39 is 0 Å². The highest BCUT2D eigenvalue weighted by molar-refractivity contribution is 6.33. The van der Waals surface area contributed by atoms with E-state index in [1.54, 1.807) is 30.5 Å². The van der Waals surface area contributed by atoms with Crippen LogP contribution in [0.25, 0.3) is 21.5 Å². The molecular weight excluding hydrogens is 344 g/mol. The first kappa shape index (κ1) is 16.3. The molecule has 4 aromatic carbocycles. The quantitative estimate of drug-likeness (QED) is 0.297. The van der Waals surface area contributed by atoms with Crippen LogP contribution in [0, 0.1) is 0 Å². The lowest BCUT2D eigenvalue weighted by molar-refractivity contribution is 0.0955. The van der Waals surface area contributed by atoms with Gasteiger partial charge in [-0.2, -0.15) is 5.10 Å². The van der Waals surface area contributed by atoms with Crippen molar-refractivity contribution in [3.63, 3.8) is 0 Å². The third-order valence-electron chi connectivity index (χ3n) is 4.29. The molecular formula is C22H15ClN2O. The van der Waals surface area contributed by atoms with Crippen molar-refractivity contribution < 1.29 is 4.79 Å². The SMILES string of the molecule is O=C(N/N=C/c1c2ccccc2cc2ccccc12)c1ccccc1Cl. The van der Waals surface area contributed by atoms with Gasteiger partial charge in [-0.1, -0.05) is 72.3 Å². The van der Waals surface area contributed by atoms with Crippen molar-refractivity contribution >= 4 is 45.3 Å². The molecule has 0 atom stereocenters. The van der Waals surface area contributed by atoms with Crippen molar-refractivity contribution in [2.75, 3.05) is 0 Å². The average Bonchev–Trinajstić information content (AvgIpc) is 2.67. The minimum atomic E-state index is -0.337. The van der Waals surface area contributed by atoms with Crippen molar-refractivity contribution in [2.45, 2.75) is 0 Å². The maximum atomic E-state index is 12.3. The Labute approximate surface area is 155 Å². The maximum Gasteiger partial charge on any atom is 0.272 e. The van der Waals surface area contributed by atoms with Crippen LogP contribution in [0.1, 0.15) is 15.9 Å². The van der Waals surface area contributed by atoms with Crippen molar-refractivity contribution in [3.05, 3.63) is 95.0 Å². The largest absolute Gasteiger partial charge is 0.272 e. The summed E-state index contributed by atoms with van der Waals surface area (Å²) in [7, 11) is 0. The number of hydrogen-bond acceptors (Lipinski definition) is 2. The predicted octanol–water partition coefficient (Wildman–Crippen LogP) is 5.41. The first-order valence-electron chi connectivity index (χ1n) is 8.22. The first-order chi connectivity index (χ1) is 12.7. The molecule has 0 saturated heterocycles. The van der Waals surface area contributed by atoms with Crippen LogP contribution in [0.3, 0.4) is 0 Å². The highest BCUT2D eigenvalue weighted by atomic mass is 35.5. The first-order valence-corrected chi connectivity index (χ1v) is 8.60. The molecule has 3 nitrogen and oxygen atoms in total. The van der Waals surface area contributed by atoms with Gasteiger partial charge in [-0.15, -0.1) is 0 Å². The van der Waals surface area contributed by atoms with Crippen LogP contribution in [0.4, 0.5) is 0 Å². The summed E-state index contributed by atoms with van der Waals surface area (Å²) in [5, 5.41) is 9.00. The molecule has 0 aliphatic rings. The second-order valence-electron chi connectivity index (χ2n) is 5.91. The number of carbonyl (C=O) groups is 1. The monoisotopic (exact) mass is 358 g/mol. The third-order valence-corrected chi connectivity index (χ3v) is 4.62. The predicted molar refractivity (Wildman–Crippen MR) is 108 cm³/mol. The summed E-state index contributed by atoms with van der Waals surface area (Å²) in [6.45, 7) is 0. The lowest BCUT2D eigenvalue weighted by atomic mass is 9.97. The van der Waals surface area contributed by atoms with E-state index >= 15 is 0 Å². The number of carbonyl (C=O) groups excluding carboxylic acids is 1. The van der Waals surface area contributed by atoms with Crippen LogP contribution < -0.4 is 5.43 Å². The maximum absolute atomic E-state index is 12.3. The van der Waals surface area contributed by atoms with Crippen LogP contribution in [0.5, 0.6) is 0 Å². The van der Waals surface area contributed by atoms with Gasteiger partial charge in [-0.25, -0.2) is 5.43 Å². The third kappa shape index (κ3) is 3.05. The Kier molecular flexibility index (Phi) is 4.38. The molecule has 26 heavy (non-hydrogen) atoms. The lowest BCUT2D eigenvalue weighted by Gasteiger charge is -2.08. The van der Waals surface area contributed by atoms with E-state index in [4.69, 9.17) is 11.6 Å². The number of hydrazone groups is 1. The molecule has 126 valence electrons. The van der Waals surface area contributed by atoms with Crippen molar-refractivity contribution in [1.29, 1.82) is 0 Å². The Hall–Kier alpha value is -3.17. The Bertz CT molecular complexity index is 1100. The molecule has 0 saturated carbocycles. The molecule has 0 radical (unpaired) electrons. The van der Waals surface area contributed by atoms with Gasteiger partial charge >= 0.3 is 0 Å². The number of hydrogen-bond donors (Lipinski definition) is 1. The fourth-order valence-corrected chi connectivity index (χ4v) is 3.27. The molecule has 4 heteroatoms. The summed E-state index contributed by atoms with van der Waals surface area (Å²) >= 11 is 6.06. The van der Waals surface area contributed by atoms with Gasteiger partial charge in [0.05, 0.1) is 16.8 Å². The van der Waals surface area contributed by atoms with Crippen molar-refractivity contribution in [1.82, 2.24) is 5.43 Å². The summed E-state index contributed by atoms with van der Waals surface area (Å²) in [5.41, 5.74) is 3.93. The lowest BCUT2D eigenvalue weighted by Crippen LogP contribution is -2.18. The number of benzene rings is 4. The standard InChI is InChI=1S/C22H15ClN2O/c23-21-12-6-5-11-19(21)22(26)25-24-14-20-17-9-3-1-7-15(17)13-16-8-2-4-10-18(16)20/h1-14H,(H,25,26)/b24-14+. The Balaban J connectivity index is 1.73. The molecule has 0 aliphatic carbocycles. The van der Waals surface area contributed by atoms with Gasteiger partial charge < -0.3 is 0 Å². The molecule has 0 aliphatic heterocycles. The van der Waals surface area contributed by atoms with Crippen LogP contribution in [-0.2, 0) is 0 Å². The van der Waals surface area contributed by atoms with Gasteiger partial charge in [0, 0.05) is 5.56 Å². The summed E-state index contributed by atoms with van der Waals surface area (Å²) < 4.78 is 0. The van der Waals surface area contributed by atoms with E-state index in [0.717, 1.165) is 27.1 Å². The van der Waals surface area contributed by atoms with E-state index in [9.17, 15) is 4.79 Å². The zero-order valence-electron chi connectivity index (χ0n) is 13.8. The summed E-state index contributed by atoms with van der Waals surface area (Å²) in [4.78, 5) is 12.3. The Morgan fingerprint density at radius 1 is 0.846 bits per heavy atom. The minimum absolute atomic E-state index is 0.337. The van der Waals surface area contributed by atoms with Gasteiger partial charge in [-0.3, -0.25) is 4.79 Å². The van der Waals surface area contributed by atoms with Gasteiger partial charge in [0.2, 0.25) is 0 Å². The smallest absolute Gasteiger partial charge is 0.267 e. The van der Waals surface area contributed by atoms with Gasteiger partial charge in [0.15, 0.2) is 0 Å². The van der Waals surface area contributed by atoms with Gasteiger partial charge in [0.1, 0.15) is 0 Å². The minimum Gasteiger partial charge on any atom is -0.267 e. The molecule has 4 rings (SSSR count). The van der Waals surface area contributed by atoms with E-state index in [0.29, 0.717) is 10.6 Å². The highest BCUT2D eigenvalue weighted by Gasteiger charge is 2.09. The fraction of sp³-hybridized carbons (Fsp3) is 0. The van der Waals surface area contributed by atoms with Crippen LogP contribution in [-0.4, -0.2) is 12.1 Å². The molecule has 1 N–H and O–H groups in total. The highest BCUT2D eigenvalue weighted by Crippen LogP contribution is 2.27. The topological polar surface area (TPSA) is 41.5 Å². The number of nitrogens with zero attached hydrogens (tertiary/aromatic N) is 1. The zero-order chi connectivity index (χ0) is 17.9. The molecule has 0 aromatic heterocycles. The van der Waals surface area contributed by atoms with Crippen molar-refractivity contribution in [2.24, 2.45) is 5.10 Å². The van der Waals surface area contributed by atoms with Crippen molar-refractivity contribution in [3.8, 4) is 0 Å². The average molecular weight is 359 g/mol. The van der Waals surface area contributed by atoms with E-state index in [2.05, 4.69) is 40.9 Å². The Morgan fingerprint density at radius 2 is 1.42 bits per heavy atom. The van der Waals surface area contributed by atoms with E-state index in [-0.39, 0.29) is 5.91 Å². The number of halogens is 1. The number of rotatable bonds is 3. The van der Waals surface area contributed by atoms with Crippen LogP contribution in [0.2, 0.25) is 5.02 Å². The number of nitrogens with one attached hydrogen (secondary N) is 1. The van der Waals surface area contributed by atoms with E-state index in [1.165, 1.54) is 0 Å². The number of fused-ring (bicyclic) bond motifs is 2. The molecule has 4 aromatic rings. The summed E-state index contributed by atoms with van der Waals surface area (Å²) in [6.07, 6.45) is 1.69. The summed E-state index contributed by atoms with van der Waals surface area (Å²) in [6, 6.07) is 25.3. The molecule has 0 bridgehead atoms. The molecule has 0 spiro atoms. The number of amides is 1. The molecule has 0 heterocycles. The molecule has 1 amide bonds. The van der Waals surface area contributed by atoms with Gasteiger partial charge in [0.25, 0.3) is 5.91 Å².